The first-order chi connectivity index (χ1) is 13.3. The minimum absolute atomic E-state index is 0.0549. The van der Waals surface area contributed by atoms with E-state index in [9.17, 15) is 13.2 Å². The second-order valence-corrected chi connectivity index (χ2v) is 7.17. The highest BCUT2D eigenvalue weighted by molar-refractivity contribution is 6.33. The van der Waals surface area contributed by atoms with Gasteiger partial charge in [-0.3, -0.25) is 0 Å². The van der Waals surface area contributed by atoms with Crippen molar-refractivity contribution < 1.29 is 22.6 Å². The molecular formula is C20H22ClF3N2O2. The van der Waals surface area contributed by atoms with Crippen molar-refractivity contribution in [1.29, 1.82) is 0 Å². The van der Waals surface area contributed by atoms with Gasteiger partial charge in [0.15, 0.2) is 0 Å². The molecule has 0 spiro atoms. The summed E-state index contributed by atoms with van der Waals surface area (Å²) in [6.07, 6.45) is -2.37. The number of pyridine rings is 1. The van der Waals surface area contributed by atoms with Crippen LogP contribution >= 0.6 is 11.6 Å². The Balaban J connectivity index is 1.78. The number of hydrogen-bond acceptors (Lipinski definition) is 4. The average Bonchev–Trinajstić information content (AvgIpc) is 2.68. The maximum atomic E-state index is 12.8. The summed E-state index contributed by atoms with van der Waals surface area (Å²) in [7, 11) is 0. The molecule has 1 aliphatic rings. The highest BCUT2D eigenvalue weighted by atomic mass is 35.5. The second kappa shape index (κ2) is 9.11. The number of ether oxygens (including phenoxy) is 2. The fourth-order valence-electron chi connectivity index (χ4n) is 3.14. The molecule has 2 atom stereocenters. The van der Waals surface area contributed by atoms with Crippen molar-refractivity contribution in [3.63, 3.8) is 0 Å². The summed E-state index contributed by atoms with van der Waals surface area (Å²) in [5, 5.41) is 3.03. The molecule has 1 N–H and O–H groups in total. The lowest BCUT2D eigenvalue weighted by atomic mass is 10.0. The third kappa shape index (κ3) is 5.37. The van der Waals surface area contributed by atoms with E-state index in [1.54, 1.807) is 0 Å². The quantitative estimate of drug-likeness (QED) is 0.678. The maximum absolute atomic E-state index is 12.8. The predicted octanol–water partition coefficient (Wildman–Crippen LogP) is 5.49. The molecule has 1 aromatic carbocycles. The predicted molar refractivity (Wildman–Crippen MR) is 101 cm³/mol. The van der Waals surface area contributed by atoms with Crippen LogP contribution < -0.4 is 5.32 Å². The summed E-state index contributed by atoms with van der Waals surface area (Å²) in [5.41, 5.74) is 0.0887. The molecule has 1 aromatic heterocycles. The molecule has 1 fully saturated rings. The molecule has 1 saturated heterocycles. The lowest BCUT2D eigenvalue weighted by Crippen LogP contribution is -2.33. The van der Waals surface area contributed by atoms with E-state index >= 15 is 0 Å². The Kier molecular flexibility index (Phi) is 6.80. The van der Waals surface area contributed by atoms with E-state index in [4.69, 9.17) is 21.1 Å². The van der Waals surface area contributed by atoms with Crippen LogP contribution in [0.25, 0.3) is 0 Å². The lowest BCUT2D eigenvalue weighted by Gasteiger charge is -2.32. The van der Waals surface area contributed by atoms with Gasteiger partial charge in [-0.05, 0) is 31.4 Å². The minimum atomic E-state index is -4.49. The van der Waals surface area contributed by atoms with E-state index in [0.29, 0.717) is 13.2 Å². The smallest absolute Gasteiger partial charge is 0.381 e. The maximum Gasteiger partial charge on any atom is 0.417 e. The average molecular weight is 415 g/mol. The Hall–Kier alpha value is -1.83. The van der Waals surface area contributed by atoms with Crippen LogP contribution in [-0.2, 0) is 15.7 Å². The van der Waals surface area contributed by atoms with E-state index in [2.05, 4.69) is 10.3 Å². The van der Waals surface area contributed by atoms with E-state index in [1.165, 1.54) is 0 Å². The molecule has 1 aliphatic heterocycles. The Bertz CT molecular complexity index is 768. The number of aromatic nitrogens is 1. The standard InChI is InChI=1S/C20H22ClF3N2O2/c1-13(26-19-17(21)11-15(12-25-19)20(22,23)24)18(14-5-3-2-4-6-14)28-16-7-9-27-10-8-16/h2-6,11-13,16,18H,7-10H2,1H3,(H,25,26). The van der Waals surface area contributed by atoms with Crippen molar-refractivity contribution in [2.24, 2.45) is 0 Å². The second-order valence-electron chi connectivity index (χ2n) is 6.76. The Labute approximate surface area is 167 Å². The van der Waals surface area contributed by atoms with Crippen LogP contribution in [0.1, 0.15) is 37.0 Å². The Morgan fingerprint density at radius 1 is 1.21 bits per heavy atom. The molecule has 3 rings (SSSR count). The van der Waals surface area contributed by atoms with Crippen LogP contribution in [-0.4, -0.2) is 30.3 Å². The third-order valence-corrected chi connectivity index (χ3v) is 4.91. The molecule has 0 aliphatic carbocycles. The number of rotatable bonds is 6. The molecular weight excluding hydrogens is 393 g/mol. The minimum Gasteiger partial charge on any atom is -0.381 e. The highest BCUT2D eigenvalue weighted by Crippen LogP contribution is 2.34. The van der Waals surface area contributed by atoms with Crippen molar-refractivity contribution in [2.75, 3.05) is 18.5 Å². The fraction of sp³-hybridized carbons (Fsp3) is 0.450. The van der Waals surface area contributed by atoms with Crippen LogP contribution in [0.2, 0.25) is 5.02 Å². The lowest BCUT2D eigenvalue weighted by molar-refractivity contribution is -0.137. The van der Waals surface area contributed by atoms with Crippen LogP contribution in [0.15, 0.2) is 42.6 Å². The largest absolute Gasteiger partial charge is 0.417 e. The van der Waals surface area contributed by atoms with E-state index in [0.717, 1.165) is 30.7 Å². The molecule has 2 unspecified atom stereocenters. The molecule has 2 aromatic rings. The van der Waals surface area contributed by atoms with Gasteiger partial charge in [0.05, 0.1) is 22.7 Å². The fourth-order valence-corrected chi connectivity index (χ4v) is 3.36. The zero-order valence-corrected chi connectivity index (χ0v) is 16.1. The molecule has 2 heterocycles. The molecule has 0 amide bonds. The monoisotopic (exact) mass is 414 g/mol. The van der Waals surface area contributed by atoms with Gasteiger partial charge < -0.3 is 14.8 Å². The van der Waals surface area contributed by atoms with E-state index in [-0.39, 0.29) is 29.1 Å². The van der Waals surface area contributed by atoms with Gasteiger partial charge in [0.2, 0.25) is 0 Å². The van der Waals surface area contributed by atoms with Gasteiger partial charge in [-0.15, -0.1) is 0 Å². The van der Waals surface area contributed by atoms with Gasteiger partial charge in [0.1, 0.15) is 11.9 Å². The molecule has 0 bridgehead atoms. The van der Waals surface area contributed by atoms with Gasteiger partial charge in [0, 0.05) is 19.4 Å². The summed E-state index contributed by atoms with van der Waals surface area (Å²) in [6.45, 7) is 3.20. The first kappa shape index (κ1) is 20.9. The highest BCUT2D eigenvalue weighted by Gasteiger charge is 2.32. The Morgan fingerprint density at radius 3 is 2.50 bits per heavy atom. The molecule has 152 valence electrons. The van der Waals surface area contributed by atoms with Gasteiger partial charge in [-0.25, -0.2) is 4.98 Å². The van der Waals surface area contributed by atoms with Crippen LogP contribution in [0, 0.1) is 0 Å². The number of nitrogens with zero attached hydrogens (tertiary/aromatic N) is 1. The van der Waals surface area contributed by atoms with Crippen molar-refractivity contribution in [1.82, 2.24) is 4.98 Å². The summed E-state index contributed by atoms with van der Waals surface area (Å²) in [5.74, 6) is 0.193. The van der Waals surface area contributed by atoms with E-state index in [1.807, 2.05) is 37.3 Å². The van der Waals surface area contributed by atoms with Gasteiger partial charge >= 0.3 is 6.18 Å². The molecule has 0 saturated carbocycles. The van der Waals surface area contributed by atoms with Crippen molar-refractivity contribution >= 4 is 17.4 Å². The number of hydrogen-bond donors (Lipinski definition) is 1. The van der Waals surface area contributed by atoms with Crippen LogP contribution in [0.4, 0.5) is 19.0 Å². The molecule has 28 heavy (non-hydrogen) atoms. The summed E-state index contributed by atoms with van der Waals surface area (Å²) in [4.78, 5) is 3.87. The topological polar surface area (TPSA) is 43.4 Å². The van der Waals surface area contributed by atoms with Gasteiger partial charge in [-0.1, -0.05) is 41.9 Å². The third-order valence-electron chi connectivity index (χ3n) is 4.62. The zero-order chi connectivity index (χ0) is 20.1. The summed E-state index contributed by atoms with van der Waals surface area (Å²) >= 11 is 6.04. The number of benzene rings is 1. The van der Waals surface area contributed by atoms with Crippen molar-refractivity contribution in [3.05, 3.63) is 58.7 Å². The molecule has 0 radical (unpaired) electrons. The van der Waals surface area contributed by atoms with Gasteiger partial charge in [-0.2, -0.15) is 13.2 Å². The molecule has 8 heteroatoms. The summed E-state index contributed by atoms with van der Waals surface area (Å²) in [6, 6.07) is 10.3. The zero-order valence-electron chi connectivity index (χ0n) is 15.4. The van der Waals surface area contributed by atoms with E-state index < -0.39 is 11.7 Å². The van der Waals surface area contributed by atoms with Crippen molar-refractivity contribution in [3.8, 4) is 0 Å². The first-order valence-corrected chi connectivity index (χ1v) is 9.50. The summed E-state index contributed by atoms with van der Waals surface area (Å²) < 4.78 is 50.2. The molecule has 4 nitrogen and oxygen atoms in total. The normalized spacial score (nSPS) is 17.9. The Morgan fingerprint density at radius 2 is 1.89 bits per heavy atom. The van der Waals surface area contributed by atoms with Crippen molar-refractivity contribution in [2.45, 2.75) is 44.2 Å². The number of alkyl halides is 3. The van der Waals surface area contributed by atoms with Gasteiger partial charge in [0.25, 0.3) is 0 Å². The first-order valence-electron chi connectivity index (χ1n) is 9.12. The van der Waals surface area contributed by atoms with Crippen LogP contribution in [0.3, 0.4) is 0 Å². The number of halogens is 4. The number of anilines is 1. The number of nitrogens with one attached hydrogen (secondary N) is 1. The van der Waals surface area contributed by atoms with Crippen LogP contribution in [0.5, 0.6) is 0 Å². The SMILES string of the molecule is CC(Nc1ncc(C(F)(F)F)cc1Cl)C(OC1CCOCC1)c1ccccc1.